The third-order valence-electron chi connectivity index (χ3n) is 6.18. The van der Waals surface area contributed by atoms with Crippen LogP contribution in [0.5, 0.6) is 0 Å². The van der Waals surface area contributed by atoms with Crippen LogP contribution in [-0.4, -0.2) is 89.8 Å². The first kappa shape index (κ1) is 25.5. The minimum Gasteiger partial charge on any atom is -0.369 e. The van der Waals surface area contributed by atoms with Crippen molar-refractivity contribution in [3.05, 3.63) is 59.9 Å². The lowest BCUT2D eigenvalue weighted by molar-refractivity contribution is -0.114. The molecule has 2 heterocycles. The quantitative estimate of drug-likeness (QED) is 0.447. The number of fused-ring (bicyclic) bond motifs is 1. The molecule has 1 saturated heterocycles. The number of carbonyl (C=O) groups is 2. The molecule has 0 aliphatic carbocycles. The minimum atomic E-state index is -0.156. The zero-order valence-corrected chi connectivity index (χ0v) is 21.3. The fraction of sp³-hybridized carbons (Fsp3) is 0.407. The summed E-state index contributed by atoms with van der Waals surface area (Å²) in [7, 11) is 4.16. The summed E-state index contributed by atoms with van der Waals surface area (Å²) in [6.45, 7) is 6.72. The number of nitrogens with one attached hydrogen (secondary N) is 2. The fourth-order valence-electron chi connectivity index (χ4n) is 4.36. The molecule has 9 heteroatoms. The van der Waals surface area contributed by atoms with E-state index in [1.54, 1.807) is 24.3 Å². The Morgan fingerprint density at radius 1 is 1.00 bits per heavy atom. The summed E-state index contributed by atoms with van der Waals surface area (Å²) in [5.41, 5.74) is 2.15. The van der Waals surface area contributed by atoms with Crippen molar-refractivity contribution in [2.24, 2.45) is 0 Å². The molecule has 2 N–H and O–H groups in total. The van der Waals surface area contributed by atoms with Crippen molar-refractivity contribution in [3.63, 3.8) is 0 Å². The molecular weight excluding hydrogens is 454 g/mol. The van der Waals surface area contributed by atoms with Crippen molar-refractivity contribution in [2.45, 2.75) is 19.9 Å². The summed E-state index contributed by atoms with van der Waals surface area (Å²) in [5.74, 6) is 1.48. The van der Waals surface area contributed by atoms with E-state index in [1.165, 1.54) is 6.92 Å². The molecule has 3 aromatic rings. The first-order chi connectivity index (χ1) is 17.4. The highest BCUT2D eigenvalue weighted by molar-refractivity contribution is 5.97. The number of anilines is 2. The average molecular weight is 490 g/mol. The van der Waals surface area contributed by atoms with Crippen LogP contribution in [0.2, 0.25) is 0 Å². The van der Waals surface area contributed by atoms with Gasteiger partial charge in [0.25, 0.3) is 5.91 Å². The summed E-state index contributed by atoms with van der Waals surface area (Å²) in [6.07, 6.45) is 1.03. The van der Waals surface area contributed by atoms with Gasteiger partial charge in [-0.3, -0.25) is 14.5 Å². The normalized spacial score (nSPS) is 14.3. The number of hydrogen-bond donors (Lipinski definition) is 2. The van der Waals surface area contributed by atoms with Crippen molar-refractivity contribution in [3.8, 4) is 0 Å². The lowest BCUT2D eigenvalue weighted by Gasteiger charge is -2.34. The molecule has 0 spiro atoms. The van der Waals surface area contributed by atoms with Crippen LogP contribution in [0, 0.1) is 0 Å². The van der Waals surface area contributed by atoms with Gasteiger partial charge >= 0.3 is 0 Å². The molecule has 1 aliphatic rings. The summed E-state index contributed by atoms with van der Waals surface area (Å²) in [5, 5.41) is 7.27. The number of piperazine rings is 1. The smallest absolute Gasteiger partial charge is 0.254 e. The Bertz CT molecular complexity index is 1210. The van der Waals surface area contributed by atoms with Gasteiger partial charge in [0, 0.05) is 56.3 Å². The average Bonchev–Trinajstić information content (AvgIpc) is 2.86. The second-order valence-electron chi connectivity index (χ2n) is 9.42. The van der Waals surface area contributed by atoms with E-state index in [1.807, 2.05) is 23.1 Å². The largest absolute Gasteiger partial charge is 0.369 e. The maximum atomic E-state index is 13.0. The van der Waals surface area contributed by atoms with Crippen LogP contribution in [0.3, 0.4) is 0 Å². The van der Waals surface area contributed by atoms with Gasteiger partial charge in [-0.25, -0.2) is 9.97 Å². The summed E-state index contributed by atoms with van der Waals surface area (Å²) < 4.78 is 0. The Labute approximate surface area is 212 Å². The molecular formula is C27H35N7O2. The molecule has 0 radical (unpaired) electrons. The van der Waals surface area contributed by atoms with E-state index < -0.39 is 0 Å². The second kappa shape index (κ2) is 11.9. The van der Waals surface area contributed by atoms with Crippen LogP contribution < -0.4 is 10.6 Å². The van der Waals surface area contributed by atoms with Crippen molar-refractivity contribution in [2.75, 3.05) is 64.0 Å². The number of rotatable bonds is 9. The second-order valence-corrected chi connectivity index (χ2v) is 9.42. The van der Waals surface area contributed by atoms with Crippen molar-refractivity contribution in [1.29, 1.82) is 0 Å². The van der Waals surface area contributed by atoms with Gasteiger partial charge in [0.2, 0.25) is 5.91 Å². The van der Waals surface area contributed by atoms with E-state index in [0.29, 0.717) is 30.9 Å². The van der Waals surface area contributed by atoms with Crippen molar-refractivity contribution in [1.82, 2.24) is 24.7 Å². The number of hydrogen-bond acceptors (Lipinski definition) is 7. The minimum absolute atomic E-state index is 0.0204. The van der Waals surface area contributed by atoms with Crippen LogP contribution in [0.25, 0.3) is 10.9 Å². The van der Waals surface area contributed by atoms with Gasteiger partial charge in [0.1, 0.15) is 11.6 Å². The number of carbonyl (C=O) groups excluding carboxylic acids is 2. The lowest BCUT2D eigenvalue weighted by atomic mass is 10.1. The molecule has 9 nitrogen and oxygen atoms in total. The molecule has 0 unspecified atom stereocenters. The van der Waals surface area contributed by atoms with E-state index in [-0.39, 0.29) is 11.8 Å². The Kier molecular flexibility index (Phi) is 8.45. The highest BCUT2D eigenvalue weighted by Gasteiger charge is 2.23. The van der Waals surface area contributed by atoms with Crippen LogP contribution in [0.15, 0.2) is 48.5 Å². The van der Waals surface area contributed by atoms with Crippen LogP contribution in [0.1, 0.15) is 29.5 Å². The Balaban J connectivity index is 1.37. The summed E-state index contributed by atoms with van der Waals surface area (Å²) in [4.78, 5) is 40.3. The van der Waals surface area contributed by atoms with Gasteiger partial charge in [0.05, 0.1) is 12.1 Å². The number of amides is 2. The van der Waals surface area contributed by atoms with Gasteiger partial charge in [-0.15, -0.1) is 0 Å². The van der Waals surface area contributed by atoms with E-state index in [0.717, 1.165) is 55.1 Å². The molecule has 1 aliphatic heterocycles. The van der Waals surface area contributed by atoms with Crippen LogP contribution in [-0.2, 0) is 11.3 Å². The molecule has 36 heavy (non-hydrogen) atoms. The zero-order chi connectivity index (χ0) is 25.5. The molecule has 2 amide bonds. The fourth-order valence-corrected chi connectivity index (χ4v) is 4.36. The third-order valence-corrected chi connectivity index (χ3v) is 6.18. The predicted octanol–water partition coefficient (Wildman–Crippen LogP) is 2.91. The molecule has 1 aromatic heterocycles. The molecule has 1 fully saturated rings. The van der Waals surface area contributed by atoms with Crippen molar-refractivity contribution < 1.29 is 9.59 Å². The number of nitrogens with zero attached hydrogens (tertiary/aromatic N) is 5. The van der Waals surface area contributed by atoms with E-state index in [4.69, 9.17) is 9.97 Å². The maximum Gasteiger partial charge on any atom is 0.254 e. The Morgan fingerprint density at radius 2 is 1.78 bits per heavy atom. The van der Waals surface area contributed by atoms with Gasteiger partial charge in [-0.1, -0.05) is 18.2 Å². The first-order valence-electron chi connectivity index (χ1n) is 12.4. The van der Waals surface area contributed by atoms with Crippen LogP contribution >= 0.6 is 0 Å². The highest BCUT2D eigenvalue weighted by atomic mass is 16.2. The highest BCUT2D eigenvalue weighted by Crippen LogP contribution is 2.21. The SMILES string of the molecule is CC(=O)Nc1cccc(C(=O)N2CCN(Cc3nc(NCCCN(C)C)c4ccccc4n3)CC2)c1. The van der Waals surface area contributed by atoms with Gasteiger partial charge < -0.3 is 20.4 Å². The number of aromatic nitrogens is 2. The van der Waals surface area contributed by atoms with Gasteiger partial charge in [-0.05, 0) is 57.4 Å². The molecule has 0 saturated carbocycles. The predicted molar refractivity (Wildman–Crippen MR) is 143 cm³/mol. The zero-order valence-electron chi connectivity index (χ0n) is 21.3. The van der Waals surface area contributed by atoms with Gasteiger partial charge in [0.15, 0.2) is 0 Å². The number of benzene rings is 2. The number of para-hydroxylation sites is 1. The summed E-state index contributed by atoms with van der Waals surface area (Å²) in [6, 6.07) is 15.2. The Morgan fingerprint density at radius 3 is 2.53 bits per heavy atom. The van der Waals surface area contributed by atoms with E-state index in [9.17, 15) is 9.59 Å². The van der Waals surface area contributed by atoms with E-state index in [2.05, 4.69) is 40.6 Å². The molecule has 0 bridgehead atoms. The molecule has 0 atom stereocenters. The Hall–Kier alpha value is -3.56. The first-order valence-corrected chi connectivity index (χ1v) is 12.4. The summed E-state index contributed by atoms with van der Waals surface area (Å²) >= 11 is 0. The molecule has 2 aromatic carbocycles. The van der Waals surface area contributed by atoms with Crippen LogP contribution in [0.4, 0.5) is 11.5 Å². The standard InChI is InChI=1S/C27H35N7O2/c1-20(35)29-22-9-6-8-21(18-22)27(36)34-16-14-33(15-17-34)19-25-30-24-11-5-4-10-23(24)26(31-25)28-12-7-13-32(2)3/h4-6,8-11,18H,7,12-17,19H2,1-3H3,(H,29,35)(H,28,30,31). The lowest BCUT2D eigenvalue weighted by Crippen LogP contribution is -2.48. The maximum absolute atomic E-state index is 13.0. The van der Waals surface area contributed by atoms with Crippen molar-refractivity contribution >= 4 is 34.2 Å². The van der Waals surface area contributed by atoms with E-state index >= 15 is 0 Å². The molecule has 4 rings (SSSR count). The monoisotopic (exact) mass is 489 g/mol. The third kappa shape index (κ3) is 6.77. The van der Waals surface area contributed by atoms with Gasteiger partial charge in [-0.2, -0.15) is 0 Å². The molecule has 190 valence electrons. The topological polar surface area (TPSA) is 93.7 Å².